The van der Waals surface area contributed by atoms with Gasteiger partial charge in [0.15, 0.2) is 5.82 Å². The van der Waals surface area contributed by atoms with E-state index in [0.717, 1.165) is 41.9 Å². The normalized spacial score (nSPS) is 15.1. The SMILES string of the molecule is CCNC(=O)Nc1ccc(-c2nc3c(c(N4CCOCC4)n2)CCN(c2ncc([N+](=O)[O-])c(N)n2)C3)cc1. The van der Waals surface area contributed by atoms with Gasteiger partial charge >= 0.3 is 11.7 Å². The number of nitro groups is 1. The maximum Gasteiger partial charge on any atom is 0.329 e. The maximum absolute atomic E-state index is 11.8. The number of nitrogen functional groups attached to an aromatic ring is 1. The fourth-order valence-corrected chi connectivity index (χ4v) is 4.46. The van der Waals surface area contributed by atoms with Gasteiger partial charge in [-0.1, -0.05) is 0 Å². The third-order valence-corrected chi connectivity index (χ3v) is 6.36. The Labute approximate surface area is 218 Å². The van der Waals surface area contributed by atoms with E-state index in [-0.39, 0.29) is 17.5 Å². The second kappa shape index (κ2) is 10.8. The summed E-state index contributed by atoms with van der Waals surface area (Å²) in [6, 6.07) is 7.08. The summed E-state index contributed by atoms with van der Waals surface area (Å²) in [5, 5.41) is 16.6. The summed E-state index contributed by atoms with van der Waals surface area (Å²) >= 11 is 0. The van der Waals surface area contributed by atoms with E-state index < -0.39 is 4.92 Å². The van der Waals surface area contributed by atoms with Crippen LogP contribution in [0.2, 0.25) is 0 Å². The lowest BCUT2D eigenvalue weighted by Gasteiger charge is -2.34. The Morgan fingerprint density at radius 3 is 2.58 bits per heavy atom. The Balaban J connectivity index is 1.47. The highest BCUT2D eigenvalue weighted by Gasteiger charge is 2.28. The highest BCUT2D eigenvalue weighted by molar-refractivity contribution is 5.89. The molecule has 4 heterocycles. The minimum Gasteiger partial charge on any atom is -0.378 e. The van der Waals surface area contributed by atoms with Crippen molar-refractivity contribution in [3.8, 4) is 11.4 Å². The molecule has 0 unspecified atom stereocenters. The van der Waals surface area contributed by atoms with E-state index in [1.165, 1.54) is 0 Å². The van der Waals surface area contributed by atoms with E-state index in [4.69, 9.17) is 20.4 Å². The first-order chi connectivity index (χ1) is 18.4. The zero-order valence-corrected chi connectivity index (χ0v) is 20.9. The van der Waals surface area contributed by atoms with Gasteiger partial charge in [-0.25, -0.2) is 19.7 Å². The van der Waals surface area contributed by atoms with Crippen molar-refractivity contribution in [2.45, 2.75) is 19.9 Å². The summed E-state index contributed by atoms with van der Waals surface area (Å²) in [5.74, 6) is 1.57. The number of nitrogens with two attached hydrogens (primary N) is 1. The van der Waals surface area contributed by atoms with Crippen LogP contribution in [0.25, 0.3) is 11.4 Å². The largest absolute Gasteiger partial charge is 0.378 e. The number of rotatable bonds is 6. The predicted octanol–water partition coefficient (Wildman–Crippen LogP) is 1.96. The Kier molecular flexibility index (Phi) is 7.13. The first kappa shape index (κ1) is 25.1. The average molecular weight is 521 g/mol. The molecule has 0 aliphatic carbocycles. The van der Waals surface area contributed by atoms with Crippen LogP contribution < -0.4 is 26.2 Å². The zero-order chi connectivity index (χ0) is 26.6. The number of hydrogen-bond donors (Lipinski definition) is 3. The Morgan fingerprint density at radius 1 is 1.13 bits per heavy atom. The van der Waals surface area contributed by atoms with Gasteiger partial charge in [-0.15, -0.1) is 0 Å². The van der Waals surface area contributed by atoms with Crippen molar-refractivity contribution < 1.29 is 14.5 Å². The van der Waals surface area contributed by atoms with E-state index in [1.54, 1.807) is 0 Å². The van der Waals surface area contributed by atoms with Gasteiger partial charge in [0, 0.05) is 43.0 Å². The molecule has 5 rings (SSSR count). The minimum atomic E-state index is -0.601. The molecule has 198 valence electrons. The van der Waals surface area contributed by atoms with E-state index in [2.05, 4.69) is 25.5 Å². The smallest absolute Gasteiger partial charge is 0.329 e. The predicted molar refractivity (Wildman–Crippen MR) is 141 cm³/mol. The summed E-state index contributed by atoms with van der Waals surface area (Å²) in [5.41, 5.74) is 8.83. The number of morpholine rings is 1. The van der Waals surface area contributed by atoms with E-state index in [1.807, 2.05) is 36.1 Å². The number of carbonyl (C=O) groups is 1. The first-order valence-corrected chi connectivity index (χ1v) is 12.3. The van der Waals surface area contributed by atoms with Gasteiger partial charge in [-0.3, -0.25) is 10.1 Å². The molecule has 2 aliphatic heterocycles. The molecule has 3 aromatic rings. The van der Waals surface area contributed by atoms with Gasteiger partial charge in [0.2, 0.25) is 11.8 Å². The molecular weight excluding hydrogens is 492 g/mol. The van der Waals surface area contributed by atoms with Crippen molar-refractivity contribution in [1.82, 2.24) is 25.3 Å². The third kappa shape index (κ3) is 5.25. The number of nitrogens with one attached hydrogen (secondary N) is 2. The van der Waals surface area contributed by atoms with Crippen LogP contribution in [0, 0.1) is 10.1 Å². The molecule has 4 N–H and O–H groups in total. The lowest BCUT2D eigenvalue weighted by Crippen LogP contribution is -2.40. The number of fused-ring (bicyclic) bond motifs is 1. The van der Waals surface area contributed by atoms with Gasteiger partial charge in [0.25, 0.3) is 0 Å². The molecular formula is C24H28N10O4. The van der Waals surface area contributed by atoms with Crippen molar-refractivity contribution in [2.24, 2.45) is 0 Å². The third-order valence-electron chi connectivity index (χ3n) is 6.36. The number of ether oxygens (including phenoxy) is 1. The number of urea groups is 1. The molecule has 2 aromatic heterocycles. The van der Waals surface area contributed by atoms with Crippen LogP contribution in [0.15, 0.2) is 30.5 Å². The Bertz CT molecular complexity index is 1340. The van der Waals surface area contributed by atoms with Crippen molar-refractivity contribution in [3.05, 3.63) is 51.8 Å². The molecule has 1 saturated heterocycles. The highest BCUT2D eigenvalue weighted by atomic mass is 16.6. The van der Waals surface area contributed by atoms with Gasteiger partial charge in [0.1, 0.15) is 12.0 Å². The standard InChI is InChI=1S/C24H28N10O4/c1-2-26-24(35)28-16-5-3-15(4-6-16)21-29-18-14-33(23-27-13-19(34(36)37)20(25)30-23)8-7-17(18)22(31-21)32-9-11-38-12-10-32/h3-6,13H,2,7-12,14H2,1H3,(H2,25,27,30)(H2,26,28,35). The molecule has 0 radical (unpaired) electrons. The molecule has 14 nitrogen and oxygen atoms in total. The van der Waals surface area contributed by atoms with Crippen LogP contribution in [0.5, 0.6) is 0 Å². The van der Waals surface area contributed by atoms with Crippen LogP contribution in [0.4, 0.5) is 33.8 Å². The number of aromatic nitrogens is 4. The molecule has 2 amide bonds. The summed E-state index contributed by atoms with van der Waals surface area (Å²) < 4.78 is 5.55. The van der Waals surface area contributed by atoms with Crippen LogP contribution in [0.1, 0.15) is 18.2 Å². The Hall–Kier alpha value is -4.59. The molecule has 2 aliphatic rings. The highest BCUT2D eigenvalue weighted by Crippen LogP contribution is 2.32. The Morgan fingerprint density at radius 2 is 1.89 bits per heavy atom. The van der Waals surface area contributed by atoms with Crippen molar-refractivity contribution in [1.29, 1.82) is 0 Å². The first-order valence-electron chi connectivity index (χ1n) is 12.3. The van der Waals surface area contributed by atoms with Crippen molar-refractivity contribution in [2.75, 3.05) is 60.2 Å². The molecule has 0 bridgehead atoms. The van der Waals surface area contributed by atoms with Crippen LogP contribution >= 0.6 is 0 Å². The van der Waals surface area contributed by atoms with Crippen molar-refractivity contribution >= 4 is 35.0 Å². The van der Waals surface area contributed by atoms with E-state index in [0.29, 0.717) is 56.7 Å². The number of anilines is 4. The number of benzene rings is 1. The second-order valence-electron chi connectivity index (χ2n) is 8.83. The van der Waals surface area contributed by atoms with Crippen LogP contribution in [-0.4, -0.2) is 70.3 Å². The zero-order valence-electron chi connectivity index (χ0n) is 20.9. The minimum absolute atomic E-state index is 0.176. The topological polar surface area (TPSA) is 178 Å². The molecule has 0 atom stereocenters. The molecule has 0 saturated carbocycles. The summed E-state index contributed by atoms with van der Waals surface area (Å²) in [4.78, 5) is 44.7. The lowest BCUT2D eigenvalue weighted by molar-refractivity contribution is -0.384. The van der Waals surface area contributed by atoms with E-state index in [9.17, 15) is 14.9 Å². The van der Waals surface area contributed by atoms with Crippen molar-refractivity contribution in [3.63, 3.8) is 0 Å². The van der Waals surface area contributed by atoms with Gasteiger partial charge in [-0.05, 0) is 37.6 Å². The molecule has 14 heteroatoms. The van der Waals surface area contributed by atoms with Crippen LogP contribution in [0.3, 0.4) is 0 Å². The van der Waals surface area contributed by atoms with Gasteiger partial charge in [-0.2, -0.15) is 4.98 Å². The fraction of sp³-hybridized carbons (Fsp3) is 0.375. The average Bonchev–Trinajstić information content (AvgIpc) is 2.93. The monoisotopic (exact) mass is 520 g/mol. The molecule has 38 heavy (non-hydrogen) atoms. The maximum atomic E-state index is 11.8. The van der Waals surface area contributed by atoms with Gasteiger partial charge in [0.05, 0.1) is 30.4 Å². The number of hydrogen-bond acceptors (Lipinski definition) is 11. The lowest BCUT2D eigenvalue weighted by atomic mass is 10.0. The quantitative estimate of drug-likeness (QED) is 0.320. The van der Waals surface area contributed by atoms with E-state index >= 15 is 0 Å². The molecule has 1 fully saturated rings. The number of amides is 2. The fourth-order valence-electron chi connectivity index (χ4n) is 4.46. The number of carbonyl (C=O) groups excluding carboxylic acids is 1. The summed E-state index contributed by atoms with van der Waals surface area (Å²) in [6.45, 7) is 6.07. The summed E-state index contributed by atoms with van der Waals surface area (Å²) in [7, 11) is 0. The van der Waals surface area contributed by atoms with Crippen LogP contribution in [-0.2, 0) is 17.7 Å². The van der Waals surface area contributed by atoms with Gasteiger partial charge < -0.3 is 30.9 Å². The summed E-state index contributed by atoms with van der Waals surface area (Å²) in [6.07, 6.45) is 1.78. The molecule has 1 aromatic carbocycles. The molecule has 0 spiro atoms. The number of nitrogens with zero attached hydrogens (tertiary/aromatic N) is 7. The second-order valence-corrected chi connectivity index (χ2v) is 8.83.